The van der Waals surface area contributed by atoms with Crippen molar-refractivity contribution in [1.29, 1.82) is 0 Å². The molecule has 1 saturated heterocycles. The molecule has 0 radical (unpaired) electrons. The molecule has 0 atom stereocenters. The monoisotopic (exact) mass is 312 g/mol. The van der Waals surface area contributed by atoms with Gasteiger partial charge in [-0.3, -0.25) is 14.5 Å². The molecule has 3 N–H and O–H groups in total. The van der Waals surface area contributed by atoms with Gasteiger partial charge in [-0.25, -0.2) is 4.79 Å². The highest BCUT2D eigenvalue weighted by Gasteiger charge is 2.43. The summed E-state index contributed by atoms with van der Waals surface area (Å²) in [6.07, 6.45) is 0.760. The molecule has 0 aromatic heterocycles. The summed E-state index contributed by atoms with van der Waals surface area (Å²) >= 11 is 0. The summed E-state index contributed by atoms with van der Waals surface area (Å²) in [5.41, 5.74) is 4.68. The Kier molecular flexibility index (Phi) is 5.56. The molecule has 1 fully saturated rings. The third kappa shape index (κ3) is 4.43. The predicted molar refractivity (Wildman–Crippen MR) is 84.0 cm³/mol. The SMILES string of the molecule is CN(CC(C)(C)CN)C(=O)CCCN1C(=O)NC(C)(C)C1=O. The fourth-order valence-electron chi connectivity index (χ4n) is 2.40. The molecule has 1 rings (SSSR count). The second kappa shape index (κ2) is 6.64. The van der Waals surface area contributed by atoms with E-state index >= 15 is 0 Å². The van der Waals surface area contributed by atoms with Gasteiger partial charge in [0.1, 0.15) is 5.54 Å². The zero-order valence-corrected chi connectivity index (χ0v) is 14.2. The molecule has 0 bridgehead atoms. The summed E-state index contributed by atoms with van der Waals surface area (Å²) in [5, 5.41) is 2.62. The zero-order chi connectivity index (χ0) is 17.1. The van der Waals surface area contributed by atoms with Crippen molar-refractivity contribution in [2.45, 2.75) is 46.1 Å². The Morgan fingerprint density at radius 1 is 1.36 bits per heavy atom. The van der Waals surface area contributed by atoms with Crippen LogP contribution in [0.3, 0.4) is 0 Å². The van der Waals surface area contributed by atoms with Gasteiger partial charge in [-0.2, -0.15) is 0 Å². The van der Waals surface area contributed by atoms with Crippen LogP contribution in [0.25, 0.3) is 0 Å². The van der Waals surface area contributed by atoms with E-state index in [1.54, 1.807) is 25.8 Å². The van der Waals surface area contributed by atoms with Crippen LogP contribution in [0, 0.1) is 5.41 Å². The molecule has 0 unspecified atom stereocenters. The Labute approximate surface area is 132 Å². The van der Waals surface area contributed by atoms with Gasteiger partial charge in [-0.05, 0) is 32.2 Å². The number of hydrogen-bond acceptors (Lipinski definition) is 4. The summed E-state index contributed by atoms with van der Waals surface area (Å²) in [5.74, 6) is -0.254. The van der Waals surface area contributed by atoms with Crippen molar-refractivity contribution in [3.63, 3.8) is 0 Å². The van der Waals surface area contributed by atoms with Crippen molar-refractivity contribution in [3.05, 3.63) is 0 Å². The average molecular weight is 312 g/mol. The lowest BCUT2D eigenvalue weighted by Crippen LogP contribution is -2.41. The topological polar surface area (TPSA) is 95.7 Å². The fourth-order valence-corrected chi connectivity index (χ4v) is 2.40. The first-order valence-corrected chi connectivity index (χ1v) is 7.58. The van der Waals surface area contributed by atoms with Crippen molar-refractivity contribution in [2.24, 2.45) is 11.1 Å². The first kappa shape index (κ1) is 18.4. The van der Waals surface area contributed by atoms with Gasteiger partial charge in [0.05, 0.1) is 0 Å². The van der Waals surface area contributed by atoms with Crippen molar-refractivity contribution in [1.82, 2.24) is 15.1 Å². The lowest BCUT2D eigenvalue weighted by atomic mass is 9.93. The number of urea groups is 1. The van der Waals surface area contributed by atoms with Crippen LogP contribution in [0.15, 0.2) is 0 Å². The Bertz CT molecular complexity index is 460. The molecule has 1 heterocycles. The van der Waals surface area contributed by atoms with Gasteiger partial charge >= 0.3 is 6.03 Å². The van der Waals surface area contributed by atoms with E-state index in [0.717, 1.165) is 0 Å². The van der Waals surface area contributed by atoms with Crippen molar-refractivity contribution >= 4 is 17.8 Å². The van der Waals surface area contributed by atoms with E-state index < -0.39 is 5.54 Å². The third-order valence-electron chi connectivity index (χ3n) is 3.86. The van der Waals surface area contributed by atoms with Gasteiger partial charge in [-0.1, -0.05) is 13.8 Å². The van der Waals surface area contributed by atoms with Gasteiger partial charge in [-0.15, -0.1) is 0 Å². The molecular weight excluding hydrogens is 284 g/mol. The van der Waals surface area contributed by atoms with E-state index in [1.807, 2.05) is 13.8 Å². The molecule has 0 saturated carbocycles. The van der Waals surface area contributed by atoms with Gasteiger partial charge in [0.15, 0.2) is 0 Å². The quantitative estimate of drug-likeness (QED) is 0.671. The number of nitrogens with two attached hydrogens (primary N) is 1. The second-order valence-corrected chi connectivity index (χ2v) is 7.23. The molecule has 7 heteroatoms. The summed E-state index contributed by atoms with van der Waals surface area (Å²) in [4.78, 5) is 38.6. The van der Waals surface area contributed by atoms with E-state index in [1.165, 1.54) is 4.90 Å². The maximum Gasteiger partial charge on any atom is 0.325 e. The molecule has 7 nitrogen and oxygen atoms in total. The molecular formula is C15H28N4O3. The van der Waals surface area contributed by atoms with Crippen LogP contribution < -0.4 is 11.1 Å². The Morgan fingerprint density at radius 2 is 1.95 bits per heavy atom. The standard InChI is InChI=1S/C15H28N4O3/c1-14(2,9-16)10-18(5)11(20)7-6-8-19-12(21)15(3,4)17-13(19)22/h6-10,16H2,1-5H3,(H,17,22). The van der Waals surface area contributed by atoms with Crippen molar-refractivity contribution in [3.8, 4) is 0 Å². The molecule has 126 valence electrons. The van der Waals surface area contributed by atoms with E-state index in [-0.39, 0.29) is 29.8 Å². The maximum absolute atomic E-state index is 12.1. The Morgan fingerprint density at radius 3 is 2.41 bits per heavy atom. The average Bonchev–Trinajstić information content (AvgIpc) is 2.59. The number of carbonyl (C=O) groups is 3. The van der Waals surface area contributed by atoms with E-state index in [2.05, 4.69) is 5.32 Å². The smallest absolute Gasteiger partial charge is 0.325 e. The summed E-state index contributed by atoms with van der Waals surface area (Å²) in [6.45, 7) is 8.69. The number of rotatable bonds is 7. The predicted octanol–water partition coefficient (Wildman–Crippen LogP) is 0.540. The van der Waals surface area contributed by atoms with Crippen molar-refractivity contribution < 1.29 is 14.4 Å². The first-order valence-electron chi connectivity index (χ1n) is 7.58. The van der Waals surface area contributed by atoms with Crippen LogP contribution in [0.5, 0.6) is 0 Å². The lowest BCUT2D eigenvalue weighted by Gasteiger charge is -2.29. The number of hydrogen-bond donors (Lipinski definition) is 2. The zero-order valence-electron chi connectivity index (χ0n) is 14.2. The number of nitrogens with zero attached hydrogens (tertiary/aromatic N) is 2. The van der Waals surface area contributed by atoms with Gasteiger partial charge in [0.2, 0.25) is 5.91 Å². The highest BCUT2D eigenvalue weighted by atomic mass is 16.2. The van der Waals surface area contributed by atoms with Gasteiger partial charge in [0.25, 0.3) is 5.91 Å². The lowest BCUT2D eigenvalue weighted by molar-refractivity contribution is -0.133. The van der Waals surface area contributed by atoms with Gasteiger partial charge < -0.3 is 16.0 Å². The van der Waals surface area contributed by atoms with Crippen LogP contribution in [0.2, 0.25) is 0 Å². The van der Waals surface area contributed by atoms with E-state index in [4.69, 9.17) is 5.73 Å². The van der Waals surface area contributed by atoms with E-state index in [0.29, 0.717) is 25.9 Å². The number of nitrogens with one attached hydrogen (secondary N) is 1. The first-order chi connectivity index (χ1) is 10.00. The molecule has 0 aromatic rings. The Balaban J connectivity index is 2.43. The van der Waals surface area contributed by atoms with Crippen LogP contribution >= 0.6 is 0 Å². The van der Waals surface area contributed by atoms with Crippen molar-refractivity contribution in [2.75, 3.05) is 26.7 Å². The van der Waals surface area contributed by atoms with Gasteiger partial charge in [0, 0.05) is 26.6 Å². The summed E-state index contributed by atoms with van der Waals surface area (Å²) in [7, 11) is 1.75. The molecule has 0 aromatic carbocycles. The largest absolute Gasteiger partial charge is 0.345 e. The van der Waals surface area contributed by atoms with Crippen LogP contribution in [-0.2, 0) is 9.59 Å². The number of imide groups is 1. The molecule has 1 aliphatic heterocycles. The summed E-state index contributed by atoms with van der Waals surface area (Å²) < 4.78 is 0. The Hall–Kier alpha value is -1.63. The van der Waals surface area contributed by atoms with E-state index in [9.17, 15) is 14.4 Å². The maximum atomic E-state index is 12.1. The minimum atomic E-state index is -0.858. The van der Waals surface area contributed by atoms with Crippen LogP contribution in [-0.4, -0.2) is 59.9 Å². The minimum Gasteiger partial charge on any atom is -0.345 e. The number of amides is 4. The molecule has 0 spiro atoms. The third-order valence-corrected chi connectivity index (χ3v) is 3.86. The fraction of sp³-hybridized carbons (Fsp3) is 0.800. The minimum absolute atomic E-state index is 0.00663. The normalized spacial score (nSPS) is 17.6. The molecule has 0 aliphatic carbocycles. The summed E-state index contributed by atoms with van der Waals surface area (Å²) in [6, 6.07) is -0.389. The molecule has 1 aliphatic rings. The second-order valence-electron chi connectivity index (χ2n) is 7.23. The molecule has 22 heavy (non-hydrogen) atoms. The van der Waals surface area contributed by atoms with Crippen LogP contribution in [0.4, 0.5) is 4.79 Å². The number of carbonyl (C=O) groups excluding carboxylic acids is 3. The molecule has 4 amide bonds. The van der Waals surface area contributed by atoms with Crippen LogP contribution in [0.1, 0.15) is 40.5 Å². The highest BCUT2D eigenvalue weighted by Crippen LogP contribution is 2.18. The highest BCUT2D eigenvalue weighted by molar-refractivity contribution is 6.06.